The van der Waals surface area contributed by atoms with E-state index in [9.17, 15) is 34.6 Å². The van der Waals surface area contributed by atoms with Crippen LogP contribution in [0.15, 0.2) is 96.6 Å². The second kappa shape index (κ2) is 12.0. The Morgan fingerprint density at radius 1 is 0.750 bits per heavy atom. The van der Waals surface area contributed by atoms with Crippen molar-refractivity contribution in [2.75, 3.05) is 16.9 Å². The van der Waals surface area contributed by atoms with Gasteiger partial charge in [0.15, 0.2) is 11.5 Å². The molecule has 0 radical (unpaired) electrons. The number of para-hydroxylation sites is 2. The van der Waals surface area contributed by atoms with Crippen molar-refractivity contribution in [1.82, 2.24) is 0 Å². The van der Waals surface area contributed by atoms with Gasteiger partial charge in [-0.1, -0.05) is 48.0 Å². The highest BCUT2D eigenvalue weighted by molar-refractivity contribution is 6.46. The minimum Gasteiger partial charge on any atom is -0.493 e. The third-order valence-corrected chi connectivity index (χ3v) is 6.68. The summed E-state index contributed by atoms with van der Waals surface area (Å²) in [5, 5.41) is 22.5. The van der Waals surface area contributed by atoms with Gasteiger partial charge < -0.3 is 9.47 Å². The molecule has 1 aliphatic heterocycles. The molecule has 0 atom stereocenters. The van der Waals surface area contributed by atoms with E-state index in [4.69, 9.17) is 21.1 Å². The molecule has 0 spiro atoms. The summed E-state index contributed by atoms with van der Waals surface area (Å²) < 4.78 is 11.1. The van der Waals surface area contributed by atoms with Crippen LogP contribution >= 0.6 is 11.6 Å². The molecule has 4 amide bonds. The normalized spacial score (nSPS) is 13.1. The average Bonchev–Trinajstić information content (AvgIpc) is 3.01. The standard InChI is InChI=1S/C30H19ClN4O9/c1-43-26-16-18(15-23(31)27(26)44-25-13-12-21(34(39)40)17-24(25)35(41)42)14-22-28(36)32(19-8-4-2-5-9-19)30(38)33(29(22)37)20-10-6-3-7-11-20/h2-17H,1H3. The van der Waals surface area contributed by atoms with Gasteiger partial charge in [0.2, 0.25) is 5.75 Å². The highest BCUT2D eigenvalue weighted by atomic mass is 35.5. The fourth-order valence-electron chi connectivity index (χ4n) is 4.39. The number of nitro benzene ring substituents is 2. The number of anilines is 2. The predicted octanol–water partition coefficient (Wildman–Crippen LogP) is 6.54. The zero-order valence-corrected chi connectivity index (χ0v) is 23.3. The van der Waals surface area contributed by atoms with E-state index in [1.54, 1.807) is 60.7 Å². The Kier molecular flexibility index (Phi) is 8.04. The molecule has 0 bridgehead atoms. The number of halogens is 1. The molecule has 14 heteroatoms. The lowest BCUT2D eigenvalue weighted by molar-refractivity contribution is -0.394. The molecule has 0 unspecified atom stereocenters. The van der Waals surface area contributed by atoms with Gasteiger partial charge in [0.05, 0.1) is 39.4 Å². The van der Waals surface area contributed by atoms with E-state index in [0.29, 0.717) is 0 Å². The van der Waals surface area contributed by atoms with Gasteiger partial charge >= 0.3 is 11.7 Å². The first-order chi connectivity index (χ1) is 21.1. The molecule has 0 aliphatic carbocycles. The maximum atomic E-state index is 13.6. The first-order valence-corrected chi connectivity index (χ1v) is 13.0. The number of nitrogens with zero attached hydrogens (tertiary/aromatic N) is 4. The Morgan fingerprint density at radius 2 is 1.32 bits per heavy atom. The summed E-state index contributed by atoms with van der Waals surface area (Å²) >= 11 is 6.48. The molecule has 0 saturated carbocycles. The Labute approximate surface area is 253 Å². The van der Waals surface area contributed by atoms with Gasteiger partial charge in [0.1, 0.15) is 5.57 Å². The van der Waals surface area contributed by atoms with Crippen molar-refractivity contribution in [3.05, 3.63) is 127 Å². The van der Waals surface area contributed by atoms with Crippen molar-refractivity contribution < 1.29 is 33.7 Å². The number of ether oxygens (including phenoxy) is 2. The lowest BCUT2D eigenvalue weighted by atomic mass is 10.0. The topological polar surface area (TPSA) is 162 Å². The minimum absolute atomic E-state index is 0.0383. The van der Waals surface area contributed by atoms with Crippen molar-refractivity contribution in [1.29, 1.82) is 0 Å². The van der Waals surface area contributed by atoms with E-state index in [1.165, 1.54) is 25.3 Å². The van der Waals surface area contributed by atoms with Crippen LogP contribution in [-0.4, -0.2) is 34.8 Å². The summed E-state index contributed by atoms with van der Waals surface area (Å²) in [7, 11) is 1.27. The smallest absolute Gasteiger partial charge is 0.343 e. The van der Waals surface area contributed by atoms with Crippen LogP contribution in [-0.2, 0) is 9.59 Å². The molecule has 13 nitrogen and oxygen atoms in total. The van der Waals surface area contributed by atoms with Gasteiger partial charge in [0, 0.05) is 6.07 Å². The molecule has 1 aliphatic rings. The number of carbonyl (C=O) groups is 3. The van der Waals surface area contributed by atoms with Gasteiger partial charge in [-0.3, -0.25) is 29.8 Å². The fraction of sp³-hybridized carbons (Fsp3) is 0.0333. The molecule has 4 aromatic rings. The van der Waals surface area contributed by atoms with Gasteiger partial charge in [-0.25, -0.2) is 14.6 Å². The summed E-state index contributed by atoms with van der Waals surface area (Å²) in [4.78, 5) is 63.6. The number of benzene rings is 4. The molecule has 44 heavy (non-hydrogen) atoms. The molecule has 220 valence electrons. The summed E-state index contributed by atoms with van der Waals surface area (Å²) in [6.07, 6.45) is 1.23. The Hall–Kier alpha value is -6.08. The number of non-ortho nitro benzene ring substituents is 1. The molecule has 1 heterocycles. The number of amides is 4. The molecule has 0 N–H and O–H groups in total. The summed E-state index contributed by atoms with van der Waals surface area (Å²) in [6, 6.07) is 20.8. The highest BCUT2D eigenvalue weighted by Gasteiger charge is 2.43. The number of imide groups is 2. The molecule has 5 rings (SSSR count). The SMILES string of the molecule is COc1cc(C=C2C(=O)N(c3ccccc3)C(=O)N(c3ccccc3)C2=O)cc(Cl)c1Oc1ccc([N+](=O)[O-])cc1[N+](=O)[O-]. The van der Waals surface area contributed by atoms with Crippen molar-refractivity contribution in [2.24, 2.45) is 0 Å². The third kappa shape index (κ3) is 5.54. The second-order valence-corrected chi connectivity index (χ2v) is 9.50. The van der Waals surface area contributed by atoms with E-state index in [-0.39, 0.29) is 44.8 Å². The van der Waals surface area contributed by atoms with Crippen LogP contribution in [0.4, 0.5) is 27.5 Å². The van der Waals surface area contributed by atoms with Gasteiger partial charge in [-0.15, -0.1) is 0 Å². The first-order valence-electron chi connectivity index (χ1n) is 12.6. The summed E-state index contributed by atoms with van der Waals surface area (Å²) in [5.41, 5.74) is -0.886. The van der Waals surface area contributed by atoms with Crippen LogP contribution in [0.1, 0.15) is 5.56 Å². The number of carbonyl (C=O) groups excluding carboxylic acids is 3. The molecular weight excluding hydrogens is 596 g/mol. The van der Waals surface area contributed by atoms with E-state index in [0.717, 1.165) is 28.0 Å². The monoisotopic (exact) mass is 614 g/mol. The van der Waals surface area contributed by atoms with Crippen LogP contribution in [0.25, 0.3) is 6.08 Å². The molecule has 1 fully saturated rings. The fourth-order valence-corrected chi connectivity index (χ4v) is 4.64. The average molecular weight is 615 g/mol. The van der Waals surface area contributed by atoms with Crippen LogP contribution < -0.4 is 19.3 Å². The zero-order chi connectivity index (χ0) is 31.5. The third-order valence-electron chi connectivity index (χ3n) is 6.40. The molecule has 0 aromatic heterocycles. The minimum atomic E-state index is -0.879. The number of urea groups is 1. The summed E-state index contributed by atoms with van der Waals surface area (Å²) in [5.74, 6) is -2.31. The highest BCUT2D eigenvalue weighted by Crippen LogP contribution is 2.43. The number of barbiturate groups is 1. The largest absolute Gasteiger partial charge is 0.493 e. The molecular formula is C30H19ClN4O9. The number of methoxy groups -OCH3 is 1. The number of hydrogen-bond acceptors (Lipinski definition) is 9. The van der Waals surface area contributed by atoms with Gasteiger partial charge in [0.25, 0.3) is 17.5 Å². The first kappa shape index (κ1) is 29.4. The molecule has 1 saturated heterocycles. The maximum Gasteiger partial charge on any atom is 0.343 e. The van der Waals surface area contributed by atoms with Crippen LogP contribution in [0, 0.1) is 20.2 Å². The zero-order valence-electron chi connectivity index (χ0n) is 22.6. The van der Waals surface area contributed by atoms with Crippen molar-refractivity contribution >= 4 is 58.3 Å². The summed E-state index contributed by atoms with van der Waals surface area (Å²) in [6.45, 7) is 0. The van der Waals surface area contributed by atoms with E-state index >= 15 is 0 Å². The van der Waals surface area contributed by atoms with Crippen molar-refractivity contribution in [2.45, 2.75) is 0 Å². The van der Waals surface area contributed by atoms with Crippen molar-refractivity contribution in [3.8, 4) is 17.2 Å². The van der Waals surface area contributed by atoms with Crippen molar-refractivity contribution in [3.63, 3.8) is 0 Å². The van der Waals surface area contributed by atoms with E-state index in [1.807, 2.05) is 0 Å². The van der Waals surface area contributed by atoms with E-state index in [2.05, 4.69) is 0 Å². The lowest BCUT2D eigenvalue weighted by Gasteiger charge is -2.34. The van der Waals surface area contributed by atoms with Gasteiger partial charge in [-0.05, 0) is 54.1 Å². The van der Waals surface area contributed by atoms with Crippen LogP contribution in [0.3, 0.4) is 0 Å². The second-order valence-electron chi connectivity index (χ2n) is 9.10. The Morgan fingerprint density at radius 3 is 1.82 bits per heavy atom. The van der Waals surface area contributed by atoms with E-state index < -0.39 is 39.1 Å². The lowest BCUT2D eigenvalue weighted by Crippen LogP contribution is -2.57. The van der Waals surface area contributed by atoms with Gasteiger partial charge in [-0.2, -0.15) is 0 Å². The number of hydrogen-bond donors (Lipinski definition) is 0. The Balaban J connectivity index is 1.58. The predicted molar refractivity (Wildman–Crippen MR) is 159 cm³/mol. The quantitative estimate of drug-likeness (QED) is 0.0927. The van der Waals surface area contributed by atoms with Crippen LogP contribution in [0.2, 0.25) is 5.02 Å². The number of nitro groups is 2. The van der Waals surface area contributed by atoms with Crippen LogP contribution in [0.5, 0.6) is 17.2 Å². The Bertz CT molecular complexity index is 1800. The maximum absolute atomic E-state index is 13.6. The molecule has 4 aromatic carbocycles. The number of rotatable bonds is 8.